The van der Waals surface area contributed by atoms with Gasteiger partial charge in [-0.1, -0.05) is 13.8 Å². The van der Waals surface area contributed by atoms with E-state index in [4.69, 9.17) is 14.6 Å². The van der Waals surface area contributed by atoms with Crippen molar-refractivity contribution in [3.63, 3.8) is 0 Å². The Balaban J connectivity index is 3.19. The molecule has 0 amide bonds. The number of hydrogen-bond acceptors (Lipinski definition) is 7. The molecule has 0 bridgehead atoms. The molecule has 0 aromatic carbocycles. The molecule has 1 rings (SSSR count). The van der Waals surface area contributed by atoms with Crippen molar-refractivity contribution in [2.45, 2.75) is 66.1 Å². The van der Waals surface area contributed by atoms with E-state index in [1.165, 1.54) is 14.0 Å². The number of aliphatic imine (C=N–C) groups is 1. The van der Waals surface area contributed by atoms with Gasteiger partial charge in [0, 0.05) is 23.7 Å². The molecule has 1 atom stereocenters. The van der Waals surface area contributed by atoms with Gasteiger partial charge in [-0.2, -0.15) is 0 Å². The van der Waals surface area contributed by atoms with E-state index in [9.17, 15) is 19.2 Å². The molecule has 28 heavy (non-hydrogen) atoms. The molecule has 1 aliphatic rings. The van der Waals surface area contributed by atoms with Crippen LogP contribution in [-0.2, 0) is 28.7 Å². The van der Waals surface area contributed by atoms with Crippen LogP contribution in [0.5, 0.6) is 0 Å². The molecule has 0 heterocycles. The number of carbonyl (C=O) groups is 4. The van der Waals surface area contributed by atoms with Crippen LogP contribution in [0, 0.1) is 5.41 Å². The lowest BCUT2D eigenvalue weighted by Gasteiger charge is -2.32. The predicted octanol–water partition coefficient (Wildman–Crippen LogP) is 2.14. The second kappa shape index (κ2) is 8.77. The second-order valence-corrected chi connectivity index (χ2v) is 8.37. The molecule has 1 unspecified atom stereocenters. The minimum atomic E-state index is -1.17. The number of nitrogens with zero attached hydrogens (tertiary/aromatic N) is 1. The van der Waals surface area contributed by atoms with Crippen LogP contribution in [0.4, 0.5) is 0 Å². The molecule has 1 N–H and O–H groups in total. The summed E-state index contributed by atoms with van der Waals surface area (Å²) in [7, 11) is 1.29. The molecule has 0 spiro atoms. The van der Waals surface area contributed by atoms with Gasteiger partial charge in [0.05, 0.1) is 19.4 Å². The Morgan fingerprint density at radius 1 is 1.14 bits per heavy atom. The molecular formula is C20H29NO7. The molecule has 0 aromatic heterocycles. The number of allylic oxidation sites excluding steroid dienone is 1. The topological polar surface area (TPSA) is 119 Å². The number of methoxy groups -OCH3 is 1. The number of hydrogen-bond donors (Lipinski definition) is 1. The van der Waals surface area contributed by atoms with Gasteiger partial charge in [-0.25, -0.2) is 0 Å². The van der Waals surface area contributed by atoms with Crippen molar-refractivity contribution in [1.82, 2.24) is 0 Å². The lowest BCUT2D eigenvalue weighted by atomic mass is 9.71. The van der Waals surface area contributed by atoms with E-state index in [-0.39, 0.29) is 36.2 Å². The zero-order valence-corrected chi connectivity index (χ0v) is 17.5. The van der Waals surface area contributed by atoms with Crippen LogP contribution in [0.25, 0.3) is 0 Å². The molecule has 0 aromatic rings. The van der Waals surface area contributed by atoms with Crippen LogP contribution < -0.4 is 0 Å². The number of rotatable bonds is 7. The van der Waals surface area contributed by atoms with E-state index in [2.05, 4.69) is 4.99 Å². The molecule has 8 heteroatoms. The maximum atomic E-state index is 13.1. The fourth-order valence-corrected chi connectivity index (χ4v) is 3.18. The van der Waals surface area contributed by atoms with Crippen molar-refractivity contribution in [2.24, 2.45) is 10.4 Å². The van der Waals surface area contributed by atoms with Crippen molar-refractivity contribution < 1.29 is 33.8 Å². The van der Waals surface area contributed by atoms with E-state index in [1.54, 1.807) is 34.6 Å². The summed E-state index contributed by atoms with van der Waals surface area (Å²) in [5.41, 5.74) is -1.52. The van der Waals surface area contributed by atoms with E-state index >= 15 is 0 Å². The SMILES string of the molecule is COC1C(=O)C(C)=C(C(C)(C)CC(=O)O)C(=O)C1=NCCC(=O)OC(C)(C)C. The maximum absolute atomic E-state index is 13.1. The van der Waals surface area contributed by atoms with Crippen LogP contribution in [-0.4, -0.2) is 59.7 Å². The first-order chi connectivity index (χ1) is 12.7. The molecule has 0 saturated carbocycles. The molecule has 0 saturated heterocycles. The van der Waals surface area contributed by atoms with Crippen molar-refractivity contribution in [3.8, 4) is 0 Å². The van der Waals surface area contributed by atoms with Crippen LogP contribution >= 0.6 is 0 Å². The van der Waals surface area contributed by atoms with E-state index in [0.29, 0.717) is 0 Å². The van der Waals surface area contributed by atoms with E-state index in [0.717, 1.165) is 0 Å². The lowest BCUT2D eigenvalue weighted by molar-refractivity contribution is -0.154. The number of ether oxygens (including phenoxy) is 2. The fraction of sp³-hybridized carbons (Fsp3) is 0.650. The van der Waals surface area contributed by atoms with E-state index < -0.39 is 40.6 Å². The number of Topliss-reactive ketones (excluding diaryl/α,β-unsaturated/α-hetero) is 2. The Morgan fingerprint density at radius 2 is 1.71 bits per heavy atom. The summed E-state index contributed by atoms with van der Waals surface area (Å²) >= 11 is 0. The zero-order valence-electron chi connectivity index (χ0n) is 17.5. The smallest absolute Gasteiger partial charge is 0.308 e. The summed E-state index contributed by atoms with van der Waals surface area (Å²) < 4.78 is 10.4. The summed E-state index contributed by atoms with van der Waals surface area (Å²) in [6, 6.07) is 0. The van der Waals surface area contributed by atoms with Crippen LogP contribution in [0.3, 0.4) is 0 Å². The zero-order chi connectivity index (χ0) is 21.9. The third-order valence-corrected chi connectivity index (χ3v) is 4.21. The molecule has 1 aliphatic carbocycles. The summed E-state index contributed by atoms with van der Waals surface area (Å²) in [6.07, 6.45) is -1.55. The highest BCUT2D eigenvalue weighted by molar-refractivity contribution is 6.54. The van der Waals surface area contributed by atoms with Crippen molar-refractivity contribution in [1.29, 1.82) is 0 Å². The Kier molecular flexibility index (Phi) is 7.42. The highest BCUT2D eigenvalue weighted by atomic mass is 16.6. The number of carboxylic acids is 1. The van der Waals surface area contributed by atoms with Gasteiger partial charge in [0.1, 0.15) is 11.3 Å². The number of aliphatic carboxylic acids is 1. The Bertz CT molecular complexity index is 738. The number of ketones is 2. The average molecular weight is 395 g/mol. The monoisotopic (exact) mass is 395 g/mol. The third-order valence-electron chi connectivity index (χ3n) is 4.21. The van der Waals surface area contributed by atoms with Gasteiger partial charge < -0.3 is 14.6 Å². The van der Waals surface area contributed by atoms with Crippen LogP contribution in [0.2, 0.25) is 0 Å². The number of carbonyl (C=O) groups excluding carboxylic acids is 3. The first kappa shape index (κ1) is 23.7. The summed E-state index contributed by atoms with van der Waals surface area (Å²) in [6.45, 7) is 9.85. The number of carboxylic acid groups (broad SMARTS) is 1. The van der Waals surface area contributed by atoms with Gasteiger partial charge in [-0.15, -0.1) is 0 Å². The van der Waals surface area contributed by atoms with Crippen molar-refractivity contribution in [2.75, 3.05) is 13.7 Å². The molecule has 0 radical (unpaired) electrons. The largest absolute Gasteiger partial charge is 0.481 e. The predicted molar refractivity (Wildman–Crippen MR) is 102 cm³/mol. The van der Waals surface area contributed by atoms with Gasteiger partial charge in [-0.3, -0.25) is 24.2 Å². The second-order valence-electron chi connectivity index (χ2n) is 8.37. The van der Waals surface area contributed by atoms with Crippen molar-refractivity contribution >= 4 is 29.2 Å². The first-order valence-corrected chi connectivity index (χ1v) is 9.02. The van der Waals surface area contributed by atoms with Gasteiger partial charge in [-0.05, 0) is 27.7 Å². The average Bonchev–Trinajstić information content (AvgIpc) is 2.49. The van der Waals surface area contributed by atoms with E-state index in [1.807, 2.05) is 0 Å². The van der Waals surface area contributed by atoms with Gasteiger partial charge in [0.25, 0.3) is 0 Å². The van der Waals surface area contributed by atoms with Crippen molar-refractivity contribution in [3.05, 3.63) is 11.1 Å². The molecule has 156 valence electrons. The fourth-order valence-electron chi connectivity index (χ4n) is 3.18. The number of esters is 1. The summed E-state index contributed by atoms with van der Waals surface area (Å²) in [4.78, 5) is 52.9. The Labute approximate surface area is 165 Å². The molecule has 8 nitrogen and oxygen atoms in total. The molecule has 0 fully saturated rings. The highest BCUT2D eigenvalue weighted by Gasteiger charge is 2.44. The molecular weight excluding hydrogens is 366 g/mol. The normalized spacial score (nSPS) is 20.0. The van der Waals surface area contributed by atoms with Gasteiger partial charge >= 0.3 is 11.9 Å². The van der Waals surface area contributed by atoms with Crippen LogP contribution in [0.15, 0.2) is 16.1 Å². The first-order valence-electron chi connectivity index (χ1n) is 9.02. The minimum absolute atomic E-state index is 0.0468. The van der Waals surface area contributed by atoms with Gasteiger partial charge in [0.2, 0.25) is 5.78 Å². The highest BCUT2D eigenvalue weighted by Crippen LogP contribution is 2.37. The Hall–Kier alpha value is -2.35. The summed E-state index contributed by atoms with van der Waals surface area (Å²) in [5, 5.41) is 9.15. The third kappa shape index (κ3) is 5.82. The van der Waals surface area contributed by atoms with Crippen LogP contribution in [0.1, 0.15) is 54.4 Å². The lowest BCUT2D eigenvalue weighted by Crippen LogP contribution is -2.46. The Morgan fingerprint density at radius 3 is 2.18 bits per heavy atom. The minimum Gasteiger partial charge on any atom is -0.481 e. The maximum Gasteiger partial charge on any atom is 0.308 e. The summed E-state index contributed by atoms with van der Waals surface area (Å²) in [5.74, 6) is -2.52. The quantitative estimate of drug-likeness (QED) is 0.656. The standard InChI is InChI=1S/C20H29NO7/c1-11-14(20(5,6)10-12(22)23)17(26)15(18(27-7)16(11)25)21-9-8-13(24)28-19(2,3)4/h18H,8-10H2,1-7H3,(H,22,23). The molecule has 0 aliphatic heterocycles. The van der Waals surface area contributed by atoms with Gasteiger partial charge in [0.15, 0.2) is 11.9 Å².